The predicted molar refractivity (Wildman–Crippen MR) is 141 cm³/mol. The molecule has 4 heterocycles. The van der Waals surface area contributed by atoms with Crippen molar-refractivity contribution in [1.29, 1.82) is 0 Å². The van der Waals surface area contributed by atoms with Gasteiger partial charge in [0.25, 0.3) is 0 Å². The van der Waals surface area contributed by atoms with Crippen LogP contribution in [0.25, 0.3) is 21.9 Å². The van der Waals surface area contributed by atoms with Gasteiger partial charge in [0, 0.05) is 55.1 Å². The highest BCUT2D eigenvalue weighted by atomic mass is 16.5. The smallest absolute Gasteiger partial charge is 0.227 e. The number of fused-ring (bicyclic) bond motifs is 4. The molecule has 9 nitrogen and oxygen atoms in total. The molecule has 0 saturated heterocycles. The number of H-pyrrole nitrogens is 1. The number of carbonyl (C=O) groups excluding carboxylic acids is 1. The van der Waals surface area contributed by atoms with E-state index in [-0.39, 0.29) is 30.5 Å². The Balaban J connectivity index is 1.40. The van der Waals surface area contributed by atoms with Crippen molar-refractivity contribution < 1.29 is 19.1 Å². The molecule has 2 N–H and O–H groups in total. The highest BCUT2D eigenvalue weighted by molar-refractivity contribution is 5.86. The van der Waals surface area contributed by atoms with Crippen LogP contribution in [0.5, 0.6) is 5.75 Å². The van der Waals surface area contributed by atoms with E-state index >= 15 is 0 Å². The van der Waals surface area contributed by atoms with Gasteiger partial charge in [0.2, 0.25) is 17.1 Å². The van der Waals surface area contributed by atoms with Gasteiger partial charge in [0.1, 0.15) is 12.4 Å². The van der Waals surface area contributed by atoms with Crippen LogP contribution in [0.2, 0.25) is 0 Å². The Hall–Kier alpha value is -4.50. The van der Waals surface area contributed by atoms with Crippen LogP contribution in [0.3, 0.4) is 0 Å². The molecule has 1 atom stereocenters. The van der Waals surface area contributed by atoms with Gasteiger partial charge >= 0.3 is 0 Å². The van der Waals surface area contributed by atoms with Crippen LogP contribution < -0.4 is 5.43 Å². The third-order valence-corrected chi connectivity index (χ3v) is 7.12. The minimum absolute atomic E-state index is 0.0133. The fraction of sp³-hybridized carbons (Fsp3) is 0.241. The van der Waals surface area contributed by atoms with Crippen molar-refractivity contribution in [3.8, 4) is 5.75 Å². The molecule has 0 bridgehead atoms. The SMILES string of the molecule is COCc1cc(=O)c(O)c(C(CC(=O)N2CCc3c([nH]c4ccccc34)C2)c2cccc3nccnc23)o1. The zero-order chi connectivity index (χ0) is 26.2. The van der Waals surface area contributed by atoms with Crippen molar-refractivity contribution in [2.45, 2.75) is 31.9 Å². The number of para-hydroxylation sites is 2. The summed E-state index contributed by atoms with van der Waals surface area (Å²) in [4.78, 5) is 40.6. The molecule has 192 valence electrons. The molecule has 3 aromatic heterocycles. The summed E-state index contributed by atoms with van der Waals surface area (Å²) in [5.41, 5.74) is 4.57. The van der Waals surface area contributed by atoms with E-state index in [0.717, 1.165) is 17.6 Å². The summed E-state index contributed by atoms with van der Waals surface area (Å²) in [6.45, 7) is 1.06. The van der Waals surface area contributed by atoms with Crippen molar-refractivity contribution >= 4 is 27.8 Å². The van der Waals surface area contributed by atoms with E-state index in [9.17, 15) is 14.7 Å². The van der Waals surface area contributed by atoms with Crippen LogP contribution in [-0.2, 0) is 29.1 Å². The van der Waals surface area contributed by atoms with Gasteiger partial charge in [-0.3, -0.25) is 19.6 Å². The van der Waals surface area contributed by atoms with Gasteiger partial charge in [-0.25, -0.2) is 0 Å². The Bertz CT molecular complexity index is 1720. The second-order valence-corrected chi connectivity index (χ2v) is 9.44. The van der Waals surface area contributed by atoms with Gasteiger partial charge in [0.05, 0.1) is 23.5 Å². The largest absolute Gasteiger partial charge is 0.502 e. The van der Waals surface area contributed by atoms with Crippen molar-refractivity contribution in [2.75, 3.05) is 13.7 Å². The number of aromatic hydroxyl groups is 1. The molecule has 0 fully saturated rings. The number of carbonyl (C=O) groups is 1. The second-order valence-electron chi connectivity index (χ2n) is 9.44. The Kier molecular flexibility index (Phi) is 6.13. The Morgan fingerprint density at radius 3 is 2.89 bits per heavy atom. The van der Waals surface area contributed by atoms with E-state index in [1.165, 1.54) is 24.1 Å². The molecule has 1 amide bonds. The van der Waals surface area contributed by atoms with Crippen LogP contribution >= 0.6 is 0 Å². The maximum atomic E-state index is 13.8. The summed E-state index contributed by atoms with van der Waals surface area (Å²) >= 11 is 0. The van der Waals surface area contributed by atoms with Gasteiger partial charge < -0.3 is 24.1 Å². The number of aromatic amines is 1. The lowest BCUT2D eigenvalue weighted by Crippen LogP contribution is -2.36. The first-order valence-corrected chi connectivity index (χ1v) is 12.4. The summed E-state index contributed by atoms with van der Waals surface area (Å²) in [6.07, 6.45) is 3.87. The molecule has 1 aliphatic rings. The molecule has 9 heteroatoms. The Labute approximate surface area is 217 Å². The van der Waals surface area contributed by atoms with Crippen molar-refractivity contribution in [3.63, 3.8) is 0 Å². The average molecular weight is 511 g/mol. The summed E-state index contributed by atoms with van der Waals surface area (Å²) in [5, 5.41) is 12.0. The van der Waals surface area contributed by atoms with Gasteiger partial charge in [-0.05, 0) is 29.7 Å². The molecule has 38 heavy (non-hydrogen) atoms. The van der Waals surface area contributed by atoms with E-state index in [4.69, 9.17) is 9.15 Å². The molecule has 5 aromatic rings. The number of benzene rings is 2. The Morgan fingerprint density at radius 2 is 2.03 bits per heavy atom. The zero-order valence-corrected chi connectivity index (χ0v) is 20.8. The van der Waals surface area contributed by atoms with Gasteiger partial charge in [-0.1, -0.05) is 30.3 Å². The van der Waals surface area contributed by atoms with Crippen LogP contribution in [-0.4, -0.2) is 44.5 Å². The predicted octanol–water partition coefficient (Wildman–Crippen LogP) is 4.02. The van der Waals surface area contributed by atoms with Crippen LogP contribution in [0.15, 0.2) is 70.1 Å². The minimum atomic E-state index is -0.767. The number of aromatic nitrogens is 3. The van der Waals surface area contributed by atoms with Gasteiger partial charge in [-0.2, -0.15) is 0 Å². The molecule has 0 radical (unpaired) electrons. The number of methoxy groups -OCH3 is 1. The van der Waals surface area contributed by atoms with Crippen molar-refractivity contribution in [1.82, 2.24) is 19.9 Å². The van der Waals surface area contributed by atoms with Crippen molar-refractivity contribution in [3.05, 3.63) is 99.5 Å². The molecule has 6 rings (SSSR count). The first kappa shape index (κ1) is 23.9. The molecule has 1 unspecified atom stereocenters. The summed E-state index contributed by atoms with van der Waals surface area (Å²) in [7, 11) is 1.49. The van der Waals surface area contributed by atoms with E-state index in [1.54, 1.807) is 17.3 Å². The third-order valence-electron chi connectivity index (χ3n) is 7.12. The van der Waals surface area contributed by atoms with E-state index in [1.807, 2.05) is 36.4 Å². The van der Waals surface area contributed by atoms with Crippen LogP contribution in [0.1, 0.15) is 40.7 Å². The zero-order valence-electron chi connectivity index (χ0n) is 20.8. The third kappa shape index (κ3) is 4.20. The lowest BCUT2D eigenvalue weighted by atomic mass is 9.90. The summed E-state index contributed by atoms with van der Waals surface area (Å²) in [5.74, 6) is -1.15. The standard InChI is InChI=1S/C29H26N4O5/c1-37-16-17-13-25(34)28(36)29(38-17)21(20-6-4-8-23-27(20)31-11-10-30-23)14-26(35)33-12-9-19-18-5-2-3-7-22(18)32-24(19)15-33/h2-8,10-11,13,21,32,36H,9,12,14-16H2,1H3. The fourth-order valence-electron chi connectivity index (χ4n) is 5.35. The monoisotopic (exact) mass is 510 g/mol. The van der Waals surface area contributed by atoms with Crippen LogP contribution in [0.4, 0.5) is 0 Å². The van der Waals surface area contributed by atoms with Gasteiger partial charge in [-0.15, -0.1) is 0 Å². The van der Waals surface area contributed by atoms with E-state index in [2.05, 4.69) is 21.0 Å². The maximum Gasteiger partial charge on any atom is 0.227 e. The van der Waals surface area contributed by atoms with Gasteiger partial charge in [0.15, 0.2) is 5.76 Å². The highest BCUT2D eigenvalue weighted by Gasteiger charge is 2.31. The summed E-state index contributed by atoms with van der Waals surface area (Å²) in [6, 6.07) is 14.8. The Morgan fingerprint density at radius 1 is 1.18 bits per heavy atom. The maximum absolute atomic E-state index is 13.8. The lowest BCUT2D eigenvalue weighted by molar-refractivity contribution is -0.132. The number of hydrogen-bond acceptors (Lipinski definition) is 7. The highest BCUT2D eigenvalue weighted by Crippen LogP contribution is 2.37. The number of ether oxygens (including phenoxy) is 1. The van der Waals surface area contributed by atoms with E-state index < -0.39 is 17.1 Å². The second kappa shape index (κ2) is 9.75. The number of nitrogens with zero attached hydrogens (tertiary/aromatic N) is 3. The minimum Gasteiger partial charge on any atom is -0.502 e. The van der Waals surface area contributed by atoms with Crippen LogP contribution in [0, 0.1) is 0 Å². The number of hydrogen-bond donors (Lipinski definition) is 2. The number of amides is 1. The normalized spacial score (nSPS) is 14.1. The lowest BCUT2D eigenvalue weighted by Gasteiger charge is -2.29. The number of nitrogens with one attached hydrogen (secondary N) is 1. The number of rotatable bonds is 6. The molecular weight excluding hydrogens is 484 g/mol. The quantitative estimate of drug-likeness (QED) is 0.354. The molecule has 0 saturated carbocycles. The first-order chi connectivity index (χ1) is 18.5. The topological polar surface area (TPSA) is 122 Å². The molecular formula is C29H26N4O5. The molecule has 1 aliphatic heterocycles. The van der Waals surface area contributed by atoms with Crippen molar-refractivity contribution in [2.24, 2.45) is 0 Å². The average Bonchev–Trinajstić information content (AvgIpc) is 3.31. The fourth-order valence-corrected chi connectivity index (χ4v) is 5.35. The van der Waals surface area contributed by atoms with E-state index in [0.29, 0.717) is 29.7 Å². The first-order valence-electron chi connectivity index (χ1n) is 12.4. The summed E-state index contributed by atoms with van der Waals surface area (Å²) < 4.78 is 11.1. The molecule has 0 spiro atoms. The molecule has 2 aromatic carbocycles. The molecule has 0 aliphatic carbocycles.